The Morgan fingerprint density at radius 1 is 0.930 bits per heavy atom. The van der Waals surface area contributed by atoms with Crippen LogP contribution in [0.5, 0.6) is 0 Å². The Labute approximate surface area is 245 Å². The van der Waals surface area contributed by atoms with Gasteiger partial charge in [0.05, 0.1) is 12.2 Å². The van der Waals surface area contributed by atoms with E-state index in [1.54, 1.807) is 0 Å². The standard InChI is InChI=1S/C28H38F8O6S/c1-14-21-20(40-23(2,3)39-14)13-19-17-7-6-15-12-16(8-10-24(15,4)18(17)9-11-25(19,21)5)41-43(37,38)28(35,36)27(33,34)42-26(31,32)22(29)30/h12,14-15,17-22H,6-11,13H2,1-5H3/t14-,15-,17+,18-,19-,20-,21-,24-,25-/m0/s1. The minimum atomic E-state index is -6.62. The van der Waals surface area contributed by atoms with Crippen molar-refractivity contribution in [2.75, 3.05) is 0 Å². The zero-order valence-electron chi connectivity index (χ0n) is 24.5. The average molecular weight is 655 g/mol. The van der Waals surface area contributed by atoms with Crippen LogP contribution in [0.4, 0.5) is 35.1 Å². The van der Waals surface area contributed by atoms with Gasteiger partial charge in [-0.25, -0.2) is 13.5 Å². The molecule has 5 aliphatic rings. The number of hydrogen-bond acceptors (Lipinski definition) is 6. The molecule has 9 atom stereocenters. The number of ether oxygens (including phenoxy) is 3. The fraction of sp³-hybridized carbons (Fsp3) is 0.929. The molecule has 6 nitrogen and oxygen atoms in total. The van der Waals surface area contributed by atoms with Gasteiger partial charge in [-0.2, -0.15) is 34.8 Å². The Morgan fingerprint density at radius 3 is 2.21 bits per heavy atom. The summed E-state index contributed by atoms with van der Waals surface area (Å²) in [5, 5.41) is -6.39. The molecule has 248 valence electrons. The Kier molecular flexibility index (Phi) is 7.84. The van der Waals surface area contributed by atoms with Crippen molar-refractivity contribution in [1.29, 1.82) is 0 Å². The van der Waals surface area contributed by atoms with Gasteiger partial charge < -0.3 is 13.7 Å². The van der Waals surface area contributed by atoms with Crippen molar-refractivity contribution in [3.8, 4) is 0 Å². The Hall–Kier alpha value is -1.19. The highest BCUT2D eigenvalue weighted by Gasteiger charge is 2.73. The molecule has 0 aromatic rings. The lowest BCUT2D eigenvalue weighted by atomic mass is 9.45. The maximum Gasteiger partial charge on any atom is 0.471 e. The molecule has 0 unspecified atom stereocenters. The number of alkyl halides is 8. The summed E-state index contributed by atoms with van der Waals surface area (Å²) < 4.78 is 151. The van der Waals surface area contributed by atoms with Crippen LogP contribution < -0.4 is 0 Å². The third-order valence-corrected chi connectivity index (χ3v) is 12.4. The molecule has 4 aliphatic carbocycles. The summed E-state index contributed by atoms with van der Waals surface area (Å²) >= 11 is 0. The van der Waals surface area contributed by atoms with E-state index in [1.165, 1.54) is 6.08 Å². The summed E-state index contributed by atoms with van der Waals surface area (Å²) in [6.45, 7) is 10.3. The predicted molar refractivity (Wildman–Crippen MR) is 135 cm³/mol. The molecular formula is C28H38F8O6S. The molecule has 0 amide bonds. The lowest BCUT2D eigenvalue weighted by molar-refractivity contribution is -0.435. The topological polar surface area (TPSA) is 71.1 Å². The number of rotatable bonds is 7. The zero-order chi connectivity index (χ0) is 32.2. The summed E-state index contributed by atoms with van der Waals surface area (Å²) in [5.41, 5.74) is -0.358. The van der Waals surface area contributed by atoms with Gasteiger partial charge in [0.1, 0.15) is 5.76 Å². The molecule has 3 saturated carbocycles. The molecule has 1 aliphatic heterocycles. The molecule has 5 rings (SSSR count). The van der Waals surface area contributed by atoms with Crippen molar-refractivity contribution in [2.24, 2.45) is 40.4 Å². The summed E-state index contributed by atoms with van der Waals surface area (Å²) in [5.74, 6) is -0.376. The van der Waals surface area contributed by atoms with Gasteiger partial charge in [-0.3, -0.25) is 0 Å². The highest BCUT2D eigenvalue weighted by Crippen LogP contribution is 2.69. The van der Waals surface area contributed by atoms with Gasteiger partial charge in [0, 0.05) is 12.3 Å². The maximum atomic E-state index is 14.3. The summed E-state index contributed by atoms with van der Waals surface area (Å²) in [6.07, 6.45) is -11.9. The van der Waals surface area contributed by atoms with Crippen molar-refractivity contribution in [2.45, 2.75) is 121 Å². The molecule has 0 bridgehead atoms. The number of hydrogen-bond donors (Lipinski definition) is 0. The molecule has 0 spiro atoms. The number of halogens is 8. The second-order valence-electron chi connectivity index (χ2n) is 13.9. The van der Waals surface area contributed by atoms with Crippen LogP contribution in [-0.4, -0.2) is 50.3 Å². The van der Waals surface area contributed by atoms with Gasteiger partial charge in [0.2, 0.25) is 0 Å². The van der Waals surface area contributed by atoms with E-state index in [2.05, 4.69) is 29.7 Å². The average Bonchev–Trinajstić information content (AvgIpc) is 3.14. The first-order chi connectivity index (χ1) is 19.5. The smallest absolute Gasteiger partial charge is 0.383 e. The van der Waals surface area contributed by atoms with Gasteiger partial charge >= 0.3 is 34.0 Å². The van der Waals surface area contributed by atoms with E-state index in [4.69, 9.17) is 9.47 Å². The van der Waals surface area contributed by atoms with Crippen molar-refractivity contribution < 1.29 is 61.9 Å². The minimum Gasteiger partial charge on any atom is -0.383 e. The van der Waals surface area contributed by atoms with Gasteiger partial charge in [-0.05, 0) is 99.9 Å². The summed E-state index contributed by atoms with van der Waals surface area (Å²) in [7, 11) is -6.62. The second kappa shape index (κ2) is 10.2. The molecule has 1 saturated heterocycles. The van der Waals surface area contributed by atoms with Crippen LogP contribution in [-0.2, 0) is 28.5 Å². The van der Waals surface area contributed by atoms with Gasteiger partial charge in [-0.15, -0.1) is 0 Å². The van der Waals surface area contributed by atoms with Crippen LogP contribution in [0.1, 0.15) is 79.6 Å². The first kappa shape index (κ1) is 33.2. The number of fused-ring (bicyclic) bond motifs is 7. The van der Waals surface area contributed by atoms with Crippen molar-refractivity contribution in [3.05, 3.63) is 11.8 Å². The molecule has 0 aromatic heterocycles. The SMILES string of the molecule is C[C@@H]1OC(C)(C)O[C@H]2C[C@H]3[C@@H]4CC[C@H]5C=C(OS(=O)(=O)C(F)(F)C(F)(F)OC(F)(F)C(F)F)CC[C@]5(C)[C@H]4CC[C@]3(C)[C@@H]12. The van der Waals surface area contributed by atoms with E-state index in [-0.39, 0.29) is 47.2 Å². The fourth-order valence-corrected chi connectivity index (χ4v) is 10.3. The van der Waals surface area contributed by atoms with Crippen LogP contribution in [0.2, 0.25) is 0 Å². The molecule has 1 heterocycles. The molecule has 0 N–H and O–H groups in total. The lowest BCUT2D eigenvalue weighted by Crippen LogP contribution is -2.55. The van der Waals surface area contributed by atoms with Crippen molar-refractivity contribution in [3.63, 3.8) is 0 Å². The predicted octanol–water partition coefficient (Wildman–Crippen LogP) is 7.70. The minimum absolute atomic E-state index is 0.00217. The molecule has 43 heavy (non-hydrogen) atoms. The largest absolute Gasteiger partial charge is 0.471 e. The molecule has 0 aromatic carbocycles. The van der Waals surface area contributed by atoms with Crippen LogP contribution >= 0.6 is 0 Å². The van der Waals surface area contributed by atoms with E-state index in [9.17, 15) is 43.5 Å². The Bertz CT molecular complexity index is 1240. The van der Waals surface area contributed by atoms with Gasteiger partial charge in [0.15, 0.2) is 5.79 Å². The van der Waals surface area contributed by atoms with Crippen molar-refractivity contribution in [1.82, 2.24) is 0 Å². The van der Waals surface area contributed by atoms with Crippen LogP contribution in [0.25, 0.3) is 0 Å². The third kappa shape index (κ3) is 5.19. The van der Waals surface area contributed by atoms with E-state index in [0.29, 0.717) is 24.7 Å². The van der Waals surface area contributed by atoms with E-state index < -0.39 is 45.6 Å². The van der Waals surface area contributed by atoms with Crippen LogP contribution in [0, 0.1) is 40.4 Å². The van der Waals surface area contributed by atoms with E-state index in [1.807, 2.05) is 13.8 Å². The number of allylic oxidation sites excluding steroid dienone is 2. The highest BCUT2D eigenvalue weighted by molar-refractivity contribution is 7.88. The first-order valence-electron chi connectivity index (χ1n) is 14.6. The molecule has 4 fully saturated rings. The van der Waals surface area contributed by atoms with Crippen molar-refractivity contribution >= 4 is 10.1 Å². The van der Waals surface area contributed by atoms with Gasteiger partial charge in [-0.1, -0.05) is 13.8 Å². The first-order valence-corrected chi connectivity index (χ1v) is 16.0. The van der Waals surface area contributed by atoms with Crippen LogP contribution in [0.15, 0.2) is 11.8 Å². The zero-order valence-corrected chi connectivity index (χ0v) is 25.3. The molecule has 15 heteroatoms. The quantitative estimate of drug-likeness (QED) is 0.207. The van der Waals surface area contributed by atoms with Gasteiger partial charge in [0.25, 0.3) is 0 Å². The normalized spacial score (nSPS) is 41.5. The van der Waals surface area contributed by atoms with E-state index >= 15 is 0 Å². The summed E-state index contributed by atoms with van der Waals surface area (Å²) in [4.78, 5) is 0. The van der Waals surface area contributed by atoms with E-state index in [0.717, 1.165) is 25.7 Å². The molecular weight excluding hydrogens is 616 g/mol. The van der Waals surface area contributed by atoms with Crippen LogP contribution in [0.3, 0.4) is 0 Å². The second-order valence-corrected chi connectivity index (χ2v) is 15.5. The summed E-state index contributed by atoms with van der Waals surface area (Å²) in [6, 6.07) is 0. The molecule has 0 radical (unpaired) electrons. The Morgan fingerprint density at radius 2 is 1.58 bits per heavy atom. The lowest BCUT2D eigenvalue weighted by Gasteiger charge is -2.60. The monoisotopic (exact) mass is 654 g/mol. The maximum absolute atomic E-state index is 14.3. The fourth-order valence-electron chi connectivity index (χ4n) is 9.41. The third-order valence-electron chi connectivity index (χ3n) is 11.1. The highest BCUT2D eigenvalue weighted by atomic mass is 32.2. The Balaban J connectivity index is 1.33.